The van der Waals surface area contributed by atoms with Gasteiger partial charge >= 0.3 is 0 Å². The van der Waals surface area contributed by atoms with Crippen LogP contribution in [0.1, 0.15) is 69.5 Å². The summed E-state index contributed by atoms with van der Waals surface area (Å²) in [5, 5.41) is 13.7. The zero-order valence-electron chi connectivity index (χ0n) is 18.0. The maximum Gasteiger partial charge on any atom is 0.227 e. The average molecular weight is 430 g/mol. The van der Waals surface area contributed by atoms with Crippen LogP contribution in [0.2, 0.25) is 0 Å². The third-order valence-electron chi connectivity index (χ3n) is 5.90. The first-order chi connectivity index (χ1) is 14.2. The molecular weight excluding hydrogens is 398 g/mol. The summed E-state index contributed by atoms with van der Waals surface area (Å²) in [5.74, 6) is 0.299. The number of benzene rings is 2. The van der Waals surface area contributed by atoms with Crippen LogP contribution in [-0.2, 0) is 4.79 Å². The van der Waals surface area contributed by atoms with Crippen molar-refractivity contribution < 1.29 is 14.6 Å². The zero-order valence-corrected chi connectivity index (χ0v) is 18.8. The molecule has 2 aromatic carbocycles. The second-order valence-corrected chi connectivity index (χ2v) is 9.75. The quantitative estimate of drug-likeness (QED) is 0.556. The number of hydrogen-bond donors (Lipinski definition) is 2. The number of alkyl halides is 1. The number of halogens is 1. The molecule has 0 saturated heterocycles. The predicted octanol–water partition coefficient (Wildman–Crippen LogP) is 5.35. The molecule has 3 rings (SSSR count). The van der Waals surface area contributed by atoms with Crippen LogP contribution in [0.3, 0.4) is 0 Å². The van der Waals surface area contributed by atoms with E-state index in [1.54, 1.807) is 13.8 Å². The Morgan fingerprint density at radius 3 is 2.27 bits per heavy atom. The maximum absolute atomic E-state index is 12.9. The van der Waals surface area contributed by atoms with Crippen LogP contribution < -0.4 is 10.1 Å². The molecule has 1 aliphatic carbocycles. The Bertz CT molecular complexity index is 824. The number of hydrogen-bond acceptors (Lipinski definition) is 3. The summed E-state index contributed by atoms with van der Waals surface area (Å²) in [6.45, 7) is 5.77. The van der Waals surface area contributed by atoms with E-state index in [-0.39, 0.29) is 16.7 Å². The number of carbonyl (C=O) groups is 1. The SMILES string of the molecule is C[C@H](C(=O)NC(c1ccc(OCC2(Cl)CCCC2)cc1)C(C)(C)O)c1ccccc1. The Hall–Kier alpha value is -2.04. The molecule has 1 saturated carbocycles. The predicted molar refractivity (Wildman–Crippen MR) is 121 cm³/mol. The van der Waals surface area contributed by atoms with Crippen LogP contribution in [0.5, 0.6) is 5.75 Å². The molecular formula is C25H32ClNO3. The molecule has 4 nitrogen and oxygen atoms in total. The highest BCUT2D eigenvalue weighted by molar-refractivity contribution is 6.24. The minimum atomic E-state index is -1.13. The van der Waals surface area contributed by atoms with E-state index in [1.807, 2.05) is 61.5 Å². The van der Waals surface area contributed by atoms with Gasteiger partial charge in [-0.05, 0) is 56.9 Å². The minimum Gasteiger partial charge on any atom is -0.492 e. The summed E-state index contributed by atoms with van der Waals surface area (Å²) >= 11 is 6.59. The number of nitrogens with one attached hydrogen (secondary N) is 1. The summed E-state index contributed by atoms with van der Waals surface area (Å²) < 4.78 is 5.91. The van der Waals surface area contributed by atoms with Crippen LogP contribution in [-0.4, -0.2) is 28.1 Å². The van der Waals surface area contributed by atoms with Gasteiger partial charge in [0.1, 0.15) is 12.4 Å². The van der Waals surface area contributed by atoms with Crippen molar-refractivity contribution in [2.24, 2.45) is 0 Å². The van der Waals surface area contributed by atoms with Crippen molar-refractivity contribution in [3.8, 4) is 5.75 Å². The van der Waals surface area contributed by atoms with Gasteiger partial charge in [0.05, 0.1) is 22.4 Å². The van der Waals surface area contributed by atoms with Gasteiger partial charge in [-0.25, -0.2) is 0 Å². The molecule has 0 heterocycles. The smallest absolute Gasteiger partial charge is 0.227 e. The third kappa shape index (κ3) is 5.77. The molecule has 0 bridgehead atoms. The van der Waals surface area contributed by atoms with Crippen LogP contribution >= 0.6 is 11.6 Å². The van der Waals surface area contributed by atoms with Gasteiger partial charge in [-0.1, -0.05) is 55.3 Å². The molecule has 1 unspecified atom stereocenters. The molecule has 162 valence electrons. The van der Waals surface area contributed by atoms with Crippen molar-refractivity contribution in [1.82, 2.24) is 5.32 Å². The monoisotopic (exact) mass is 429 g/mol. The summed E-state index contributed by atoms with van der Waals surface area (Å²) in [4.78, 5) is 12.6. The molecule has 5 heteroatoms. The van der Waals surface area contributed by atoms with E-state index in [2.05, 4.69) is 5.32 Å². The topological polar surface area (TPSA) is 58.6 Å². The lowest BCUT2D eigenvalue weighted by atomic mass is 9.90. The highest BCUT2D eigenvalue weighted by atomic mass is 35.5. The van der Waals surface area contributed by atoms with Gasteiger partial charge in [0.25, 0.3) is 0 Å². The van der Waals surface area contributed by atoms with E-state index in [4.69, 9.17) is 16.3 Å². The number of ether oxygens (including phenoxy) is 1. The molecule has 30 heavy (non-hydrogen) atoms. The van der Waals surface area contributed by atoms with Crippen molar-refractivity contribution in [3.05, 3.63) is 65.7 Å². The second kappa shape index (κ2) is 9.40. The van der Waals surface area contributed by atoms with Gasteiger partial charge in [-0.3, -0.25) is 4.79 Å². The number of rotatable bonds is 8. The normalized spacial score (nSPS) is 17.9. The van der Waals surface area contributed by atoms with Crippen molar-refractivity contribution in [1.29, 1.82) is 0 Å². The van der Waals surface area contributed by atoms with Gasteiger partial charge in [0.2, 0.25) is 5.91 Å². The van der Waals surface area contributed by atoms with E-state index < -0.39 is 11.6 Å². The lowest BCUT2D eigenvalue weighted by molar-refractivity contribution is -0.125. The summed E-state index contributed by atoms with van der Waals surface area (Å²) in [6, 6.07) is 16.6. The Kier molecular flexibility index (Phi) is 7.10. The lowest BCUT2D eigenvalue weighted by Gasteiger charge is -2.32. The summed E-state index contributed by atoms with van der Waals surface area (Å²) in [7, 11) is 0. The fourth-order valence-electron chi connectivity index (χ4n) is 3.95. The Morgan fingerprint density at radius 2 is 1.70 bits per heavy atom. The molecule has 1 aliphatic rings. The number of aliphatic hydroxyl groups is 1. The van der Waals surface area contributed by atoms with Gasteiger partial charge in [-0.2, -0.15) is 0 Å². The first-order valence-corrected chi connectivity index (χ1v) is 11.1. The molecule has 0 aliphatic heterocycles. The zero-order chi connectivity index (χ0) is 21.8. The second-order valence-electron chi connectivity index (χ2n) is 8.94. The number of carbonyl (C=O) groups excluding carboxylic acids is 1. The maximum atomic E-state index is 12.9. The average Bonchev–Trinajstić information content (AvgIpc) is 3.17. The van der Waals surface area contributed by atoms with Crippen molar-refractivity contribution in [2.75, 3.05) is 6.61 Å². The highest BCUT2D eigenvalue weighted by Crippen LogP contribution is 2.36. The standard InChI is InChI=1S/C25H32ClNO3/c1-18(19-9-5-4-6-10-19)23(28)27-22(24(2,3)29)20-11-13-21(14-12-20)30-17-25(26)15-7-8-16-25/h4-6,9-14,18,22,29H,7-8,15-17H2,1-3H3,(H,27,28)/t18-,22?/m0/s1. The minimum absolute atomic E-state index is 0.126. The van der Waals surface area contributed by atoms with Gasteiger partial charge < -0.3 is 15.2 Å². The molecule has 1 amide bonds. The molecule has 2 atom stereocenters. The molecule has 0 radical (unpaired) electrons. The Balaban J connectivity index is 1.68. The van der Waals surface area contributed by atoms with E-state index in [9.17, 15) is 9.90 Å². The third-order valence-corrected chi connectivity index (χ3v) is 6.38. The molecule has 1 fully saturated rings. The van der Waals surface area contributed by atoms with E-state index in [0.29, 0.717) is 6.61 Å². The van der Waals surface area contributed by atoms with Crippen molar-refractivity contribution >= 4 is 17.5 Å². The fourth-order valence-corrected chi connectivity index (χ4v) is 4.27. The molecule has 2 aromatic rings. The molecule has 2 N–H and O–H groups in total. The number of amides is 1. The molecule has 0 aromatic heterocycles. The van der Waals surface area contributed by atoms with Crippen molar-refractivity contribution in [2.45, 2.75) is 68.9 Å². The van der Waals surface area contributed by atoms with Gasteiger partial charge in [-0.15, -0.1) is 11.6 Å². The summed E-state index contributed by atoms with van der Waals surface area (Å²) in [5.41, 5.74) is 0.637. The Morgan fingerprint density at radius 1 is 1.10 bits per heavy atom. The lowest BCUT2D eigenvalue weighted by Crippen LogP contribution is -2.43. The molecule has 0 spiro atoms. The fraction of sp³-hybridized carbons (Fsp3) is 0.480. The summed E-state index contributed by atoms with van der Waals surface area (Å²) in [6.07, 6.45) is 4.28. The van der Waals surface area contributed by atoms with Crippen LogP contribution in [0.4, 0.5) is 0 Å². The highest BCUT2D eigenvalue weighted by Gasteiger charge is 2.33. The first kappa shape index (κ1) is 22.6. The van der Waals surface area contributed by atoms with Crippen LogP contribution in [0, 0.1) is 0 Å². The van der Waals surface area contributed by atoms with E-state index in [1.165, 1.54) is 0 Å². The van der Waals surface area contributed by atoms with E-state index in [0.717, 1.165) is 42.6 Å². The Labute approximate surface area is 184 Å². The van der Waals surface area contributed by atoms with Gasteiger partial charge in [0.15, 0.2) is 0 Å². The van der Waals surface area contributed by atoms with Crippen molar-refractivity contribution in [3.63, 3.8) is 0 Å². The first-order valence-electron chi connectivity index (χ1n) is 10.7. The van der Waals surface area contributed by atoms with Gasteiger partial charge in [0, 0.05) is 0 Å². The largest absolute Gasteiger partial charge is 0.492 e. The van der Waals surface area contributed by atoms with Crippen LogP contribution in [0.15, 0.2) is 54.6 Å². The van der Waals surface area contributed by atoms with E-state index >= 15 is 0 Å². The van der Waals surface area contributed by atoms with Crippen LogP contribution in [0.25, 0.3) is 0 Å².